The minimum atomic E-state index is -0.566. The molecule has 206 valence electrons. The van der Waals surface area contributed by atoms with E-state index in [0.717, 1.165) is 11.1 Å². The Morgan fingerprint density at radius 3 is 2.17 bits per heavy atom. The maximum absolute atomic E-state index is 12.6. The number of carbonyl (C=O) groups is 2. The first-order chi connectivity index (χ1) is 20.0. The Hall–Kier alpha value is -5.55. The van der Waals surface area contributed by atoms with Crippen molar-refractivity contribution in [3.8, 4) is 23.3 Å². The second-order valence-electron chi connectivity index (χ2n) is 8.81. The Morgan fingerprint density at radius 2 is 1.51 bits per heavy atom. The van der Waals surface area contributed by atoms with Crippen molar-refractivity contribution in [2.75, 3.05) is 19.5 Å². The van der Waals surface area contributed by atoms with Crippen LogP contribution in [0.15, 0.2) is 103 Å². The van der Waals surface area contributed by atoms with E-state index in [2.05, 4.69) is 10.1 Å². The molecule has 0 radical (unpaired) electrons. The van der Waals surface area contributed by atoms with Crippen molar-refractivity contribution < 1.29 is 28.5 Å². The highest BCUT2D eigenvalue weighted by Gasteiger charge is 2.11. The molecule has 0 saturated carbocycles. The van der Waals surface area contributed by atoms with Crippen molar-refractivity contribution in [3.05, 3.63) is 125 Å². The summed E-state index contributed by atoms with van der Waals surface area (Å²) in [6.07, 6.45) is 1.49. The SMILES string of the molecule is COC(=O)c1ccc(NC(=O)/C(C#N)=C\c2ccc(OCc3ccc(OCc4ccccc4)c(OC)c3)cc2)cc1. The first kappa shape index (κ1) is 28.5. The molecular formula is C33H28N2O6. The molecule has 0 bridgehead atoms. The van der Waals surface area contributed by atoms with Gasteiger partial charge in [-0.1, -0.05) is 48.5 Å². The Labute approximate surface area is 238 Å². The number of methoxy groups -OCH3 is 2. The largest absolute Gasteiger partial charge is 0.493 e. The standard InChI is InChI=1S/C33H28N2O6/c1-38-31-19-25(10-17-30(31)41-21-24-6-4-3-5-7-24)22-40-29-15-8-23(9-16-29)18-27(20-34)32(36)35-28-13-11-26(12-14-28)33(37)39-2/h3-19H,21-22H2,1-2H3,(H,35,36)/b27-18-. The Bertz CT molecular complexity index is 1560. The number of nitriles is 1. The number of benzene rings is 4. The molecule has 0 atom stereocenters. The van der Waals surface area contributed by atoms with Crippen LogP contribution in [0.3, 0.4) is 0 Å². The van der Waals surface area contributed by atoms with E-state index in [1.54, 1.807) is 43.5 Å². The fourth-order valence-electron chi connectivity index (χ4n) is 3.80. The average Bonchev–Trinajstić information content (AvgIpc) is 3.02. The van der Waals surface area contributed by atoms with Gasteiger partial charge in [0, 0.05) is 5.69 Å². The summed E-state index contributed by atoms with van der Waals surface area (Å²) in [6.45, 7) is 0.748. The zero-order chi connectivity index (χ0) is 29.0. The fourth-order valence-corrected chi connectivity index (χ4v) is 3.80. The molecule has 0 aliphatic carbocycles. The van der Waals surface area contributed by atoms with Crippen molar-refractivity contribution in [1.29, 1.82) is 5.26 Å². The van der Waals surface area contributed by atoms with Gasteiger partial charge in [0.15, 0.2) is 11.5 Å². The molecule has 4 rings (SSSR count). The molecule has 0 unspecified atom stereocenters. The van der Waals surface area contributed by atoms with Gasteiger partial charge in [0.25, 0.3) is 5.91 Å². The normalized spacial score (nSPS) is 10.7. The Morgan fingerprint density at radius 1 is 0.805 bits per heavy atom. The van der Waals surface area contributed by atoms with Gasteiger partial charge in [0.05, 0.1) is 19.8 Å². The molecule has 0 spiro atoms. The monoisotopic (exact) mass is 548 g/mol. The van der Waals surface area contributed by atoms with Crippen molar-refractivity contribution in [1.82, 2.24) is 0 Å². The van der Waals surface area contributed by atoms with E-state index in [9.17, 15) is 14.9 Å². The van der Waals surface area contributed by atoms with Gasteiger partial charge < -0.3 is 24.3 Å². The van der Waals surface area contributed by atoms with Crippen LogP contribution in [-0.2, 0) is 22.7 Å². The number of carbonyl (C=O) groups excluding carboxylic acids is 2. The minimum absolute atomic E-state index is 0.0719. The van der Waals surface area contributed by atoms with Crippen molar-refractivity contribution in [3.63, 3.8) is 0 Å². The molecule has 1 N–H and O–H groups in total. The van der Waals surface area contributed by atoms with Crippen LogP contribution >= 0.6 is 0 Å². The molecule has 0 aliphatic rings. The number of amides is 1. The fraction of sp³-hybridized carbons (Fsp3) is 0.121. The van der Waals surface area contributed by atoms with Crippen LogP contribution in [0.2, 0.25) is 0 Å². The second kappa shape index (κ2) is 14.0. The highest BCUT2D eigenvalue weighted by Crippen LogP contribution is 2.29. The second-order valence-corrected chi connectivity index (χ2v) is 8.81. The molecule has 0 aromatic heterocycles. The van der Waals surface area contributed by atoms with Crippen LogP contribution in [0.4, 0.5) is 5.69 Å². The number of nitrogens with zero attached hydrogens (tertiary/aromatic N) is 1. The molecule has 8 nitrogen and oxygen atoms in total. The van der Waals surface area contributed by atoms with Gasteiger partial charge in [0.1, 0.15) is 30.6 Å². The summed E-state index contributed by atoms with van der Waals surface area (Å²) in [7, 11) is 2.89. The van der Waals surface area contributed by atoms with E-state index in [1.165, 1.54) is 25.3 Å². The molecule has 8 heteroatoms. The number of hydrogen-bond acceptors (Lipinski definition) is 7. The lowest BCUT2D eigenvalue weighted by Crippen LogP contribution is -2.13. The van der Waals surface area contributed by atoms with E-state index in [0.29, 0.717) is 47.3 Å². The molecule has 1 amide bonds. The summed E-state index contributed by atoms with van der Waals surface area (Å²) < 4.78 is 22.0. The van der Waals surface area contributed by atoms with Crippen LogP contribution in [0.1, 0.15) is 27.0 Å². The maximum Gasteiger partial charge on any atom is 0.337 e. The van der Waals surface area contributed by atoms with Gasteiger partial charge >= 0.3 is 5.97 Å². The van der Waals surface area contributed by atoms with Crippen LogP contribution in [0, 0.1) is 11.3 Å². The van der Waals surface area contributed by atoms with Crippen molar-refractivity contribution >= 4 is 23.6 Å². The predicted octanol–water partition coefficient (Wildman–Crippen LogP) is 6.19. The van der Waals surface area contributed by atoms with Crippen molar-refractivity contribution in [2.45, 2.75) is 13.2 Å². The zero-order valence-electron chi connectivity index (χ0n) is 22.6. The summed E-state index contributed by atoms with van der Waals surface area (Å²) in [5.74, 6) is 0.841. The Balaban J connectivity index is 1.33. The number of esters is 1. The van der Waals surface area contributed by atoms with Gasteiger partial charge in [-0.05, 0) is 71.3 Å². The van der Waals surface area contributed by atoms with E-state index in [1.807, 2.05) is 54.6 Å². The van der Waals surface area contributed by atoms with Gasteiger partial charge in [-0.25, -0.2) is 4.79 Å². The molecule has 4 aromatic rings. The van der Waals surface area contributed by atoms with Crippen LogP contribution in [0.5, 0.6) is 17.2 Å². The van der Waals surface area contributed by atoms with Crippen molar-refractivity contribution in [2.24, 2.45) is 0 Å². The summed E-state index contributed by atoms with van der Waals surface area (Å²) in [5, 5.41) is 12.2. The minimum Gasteiger partial charge on any atom is -0.493 e. The zero-order valence-corrected chi connectivity index (χ0v) is 22.6. The highest BCUT2D eigenvalue weighted by atomic mass is 16.5. The lowest BCUT2D eigenvalue weighted by Gasteiger charge is -2.13. The molecule has 0 heterocycles. The number of nitrogens with one attached hydrogen (secondary N) is 1. The molecule has 41 heavy (non-hydrogen) atoms. The molecule has 4 aromatic carbocycles. The topological polar surface area (TPSA) is 107 Å². The van der Waals surface area contributed by atoms with Crippen LogP contribution < -0.4 is 19.5 Å². The van der Waals surface area contributed by atoms with Gasteiger partial charge in [-0.15, -0.1) is 0 Å². The molecular weight excluding hydrogens is 520 g/mol. The lowest BCUT2D eigenvalue weighted by molar-refractivity contribution is -0.112. The first-order valence-corrected chi connectivity index (χ1v) is 12.7. The smallest absolute Gasteiger partial charge is 0.337 e. The molecule has 0 aliphatic heterocycles. The van der Waals surface area contributed by atoms with Crippen LogP contribution in [0.25, 0.3) is 6.08 Å². The molecule has 0 saturated heterocycles. The number of rotatable bonds is 11. The van der Waals surface area contributed by atoms with E-state index < -0.39 is 11.9 Å². The average molecular weight is 549 g/mol. The van der Waals surface area contributed by atoms with Gasteiger partial charge in [-0.3, -0.25) is 4.79 Å². The third-order valence-corrected chi connectivity index (χ3v) is 5.99. The summed E-state index contributed by atoms with van der Waals surface area (Å²) >= 11 is 0. The third kappa shape index (κ3) is 7.97. The van der Waals surface area contributed by atoms with E-state index >= 15 is 0 Å². The number of hydrogen-bond donors (Lipinski definition) is 1. The number of ether oxygens (including phenoxy) is 4. The molecule has 0 fully saturated rings. The summed E-state index contributed by atoms with van der Waals surface area (Å²) in [5.41, 5.74) is 3.35. The quantitative estimate of drug-likeness (QED) is 0.135. The number of anilines is 1. The maximum atomic E-state index is 12.6. The Kier molecular flexibility index (Phi) is 9.73. The summed E-state index contributed by atoms with van der Waals surface area (Å²) in [4.78, 5) is 24.2. The third-order valence-electron chi connectivity index (χ3n) is 5.99. The van der Waals surface area contributed by atoms with Gasteiger partial charge in [0.2, 0.25) is 0 Å². The summed E-state index contributed by atoms with van der Waals surface area (Å²) in [6, 6.07) is 30.7. The highest BCUT2D eigenvalue weighted by molar-refractivity contribution is 6.09. The van der Waals surface area contributed by atoms with Gasteiger partial charge in [-0.2, -0.15) is 5.26 Å². The van der Waals surface area contributed by atoms with Crippen LogP contribution in [-0.4, -0.2) is 26.1 Å². The van der Waals surface area contributed by atoms with E-state index in [4.69, 9.17) is 14.2 Å². The lowest BCUT2D eigenvalue weighted by atomic mass is 10.1. The van der Waals surface area contributed by atoms with E-state index in [-0.39, 0.29) is 5.57 Å². The predicted molar refractivity (Wildman–Crippen MR) is 155 cm³/mol. The first-order valence-electron chi connectivity index (χ1n) is 12.7.